The Morgan fingerprint density at radius 3 is 2.32 bits per heavy atom. The number of rotatable bonds is 4. The number of hydrogen-bond acceptors (Lipinski definition) is 3. The standard InChI is InChI=1S/C15H17FN2O/c1-3-19-15-9-8-13(10-14(15)16)18(2)12-6-4-11(17)5-7-12/h4-10H,3,17H2,1-2H3. The van der Waals surface area contributed by atoms with Crippen LogP contribution in [-0.2, 0) is 0 Å². The van der Waals surface area contributed by atoms with Gasteiger partial charge in [0.2, 0.25) is 0 Å². The fourth-order valence-corrected chi connectivity index (χ4v) is 1.82. The van der Waals surface area contributed by atoms with Crippen LogP contribution in [0.25, 0.3) is 0 Å². The van der Waals surface area contributed by atoms with Gasteiger partial charge in [-0.1, -0.05) is 0 Å². The molecule has 2 aromatic carbocycles. The predicted molar refractivity (Wildman–Crippen MR) is 76.5 cm³/mol. The second-order valence-corrected chi connectivity index (χ2v) is 4.20. The monoisotopic (exact) mass is 260 g/mol. The number of benzene rings is 2. The Labute approximate surface area is 112 Å². The smallest absolute Gasteiger partial charge is 0.167 e. The van der Waals surface area contributed by atoms with E-state index in [-0.39, 0.29) is 11.6 Å². The highest BCUT2D eigenvalue weighted by atomic mass is 19.1. The molecule has 0 aliphatic heterocycles. The molecule has 0 amide bonds. The lowest BCUT2D eigenvalue weighted by atomic mass is 10.2. The summed E-state index contributed by atoms with van der Waals surface area (Å²) in [6.07, 6.45) is 0. The fourth-order valence-electron chi connectivity index (χ4n) is 1.82. The van der Waals surface area contributed by atoms with Crippen molar-refractivity contribution in [3.8, 4) is 5.75 Å². The van der Waals surface area contributed by atoms with E-state index >= 15 is 0 Å². The van der Waals surface area contributed by atoms with Gasteiger partial charge in [-0.2, -0.15) is 0 Å². The molecule has 3 nitrogen and oxygen atoms in total. The van der Waals surface area contributed by atoms with Gasteiger partial charge in [0.05, 0.1) is 6.61 Å². The molecule has 0 aliphatic carbocycles. The van der Waals surface area contributed by atoms with Crippen molar-refractivity contribution in [2.75, 3.05) is 24.3 Å². The van der Waals surface area contributed by atoms with Crippen molar-refractivity contribution in [1.29, 1.82) is 0 Å². The number of nitrogen functional groups attached to an aromatic ring is 1. The summed E-state index contributed by atoms with van der Waals surface area (Å²) in [6.45, 7) is 2.28. The molecule has 0 spiro atoms. The number of ether oxygens (including phenoxy) is 1. The van der Waals surface area contributed by atoms with Gasteiger partial charge in [-0.3, -0.25) is 0 Å². The molecule has 19 heavy (non-hydrogen) atoms. The molecule has 0 aromatic heterocycles. The van der Waals surface area contributed by atoms with Gasteiger partial charge in [-0.15, -0.1) is 0 Å². The van der Waals surface area contributed by atoms with Crippen LogP contribution in [-0.4, -0.2) is 13.7 Å². The van der Waals surface area contributed by atoms with E-state index in [1.165, 1.54) is 6.07 Å². The second kappa shape index (κ2) is 5.61. The molecular formula is C15H17FN2O. The van der Waals surface area contributed by atoms with E-state index < -0.39 is 0 Å². The van der Waals surface area contributed by atoms with Gasteiger partial charge in [0.1, 0.15) is 0 Å². The number of halogens is 1. The van der Waals surface area contributed by atoms with Gasteiger partial charge in [-0.25, -0.2) is 4.39 Å². The Balaban J connectivity index is 2.26. The molecule has 0 saturated heterocycles. The van der Waals surface area contributed by atoms with Crippen LogP contribution < -0.4 is 15.4 Å². The number of anilines is 3. The molecule has 0 atom stereocenters. The van der Waals surface area contributed by atoms with Gasteiger partial charge >= 0.3 is 0 Å². The van der Waals surface area contributed by atoms with Gasteiger partial charge in [0, 0.05) is 30.2 Å². The average Bonchev–Trinajstić information content (AvgIpc) is 2.41. The average molecular weight is 260 g/mol. The zero-order valence-corrected chi connectivity index (χ0v) is 11.1. The zero-order chi connectivity index (χ0) is 13.8. The third-order valence-corrected chi connectivity index (χ3v) is 2.88. The predicted octanol–water partition coefficient (Wildman–Crippen LogP) is 3.57. The molecule has 0 fully saturated rings. The third kappa shape index (κ3) is 2.96. The summed E-state index contributed by atoms with van der Waals surface area (Å²) in [5.41, 5.74) is 8.05. The van der Waals surface area contributed by atoms with Gasteiger partial charge in [0.15, 0.2) is 11.6 Å². The van der Waals surface area contributed by atoms with Crippen LogP contribution in [0.1, 0.15) is 6.92 Å². The quantitative estimate of drug-likeness (QED) is 0.854. The van der Waals surface area contributed by atoms with Crippen molar-refractivity contribution in [3.63, 3.8) is 0 Å². The van der Waals surface area contributed by atoms with Crippen LogP contribution in [0.4, 0.5) is 21.5 Å². The Bertz CT molecular complexity index is 555. The van der Waals surface area contributed by atoms with Crippen LogP contribution in [0.2, 0.25) is 0 Å². The van der Waals surface area contributed by atoms with Crippen LogP contribution in [0.15, 0.2) is 42.5 Å². The minimum Gasteiger partial charge on any atom is -0.491 e. The highest BCUT2D eigenvalue weighted by Crippen LogP contribution is 2.28. The van der Waals surface area contributed by atoms with Gasteiger partial charge in [0.25, 0.3) is 0 Å². The molecule has 0 unspecified atom stereocenters. The maximum absolute atomic E-state index is 13.8. The summed E-state index contributed by atoms with van der Waals surface area (Å²) in [7, 11) is 1.88. The Hall–Kier alpha value is -2.23. The molecule has 2 aromatic rings. The van der Waals surface area contributed by atoms with Crippen molar-refractivity contribution >= 4 is 17.1 Å². The van der Waals surface area contributed by atoms with E-state index in [1.54, 1.807) is 6.07 Å². The summed E-state index contributed by atoms with van der Waals surface area (Å²) in [4.78, 5) is 1.89. The van der Waals surface area contributed by atoms with Crippen LogP contribution in [0, 0.1) is 5.82 Å². The first-order valence-corrected chi connectivity index (χ1v) is 6.13. The van der Waals surface area contributed by atoms with Crippen molar-refractivity contribution < 1.29 is 9.13 Å². The van der Waals surface area contributed by atoms with E-state index in [2.05, 4.69) is 0 Å². The molecule has 0 saturated carbocycles. The zero-order valence-electron chi connectivity index (χ0n) is 11.1. The molecule has 0 heterocycles. The fraction of sp³-hybridized carbons (Fsp3) is 0.200. The minimum absolute atomic E-state index is 0.275. The van der Waals surface area contributed by atoms with Crippen molar-refractivity contribution in [3.05, 3.63) is 48.3 Å². The summed E-state index contributed by atoms with van der Waals surface area (Å²) >= 11 is 0. The summed E-state index contributed by atoms with van der Waals surface area (Å²) < 4.78 is 19.0. The number of nitrogens with zero attached hydrogens (tertiary/aromatic N) is 1. The molecule has 4 heteroatoms. The normalized spacial score (nSPS) is 10.3. The van der Waals surface area contributed by atoms with Crippen molar-refractivity contribution in [2.45, 2.75) is 6.92 Å². The number of hydrogen-bond donors (Lipinski definition) is 1. The Morgan fingerprint density at radius 1 is 1.11 bits per heavy atom. The van der Waals surface area contributed by atoms with Crippen LogP contribution in [0.3, 0.4) is 0 Å². The molecule has 0 aliphatic rings. The molecule has 100 valence electrons. The topological polar surface area (TPSA) is 38.5 Å². The molecular weight excluding hydrogens is 243 g/mol. The van der Waals surface area contributed by atoms with Gasteiger partial charge < -0.3 is 15.4 Å². The second-order valence-electron chi connectivity index (χ2n) is 4.20. The van der Waals surface area contributed by atoms with Gasteiger partial charge in [-0.05, 0) is 43.3 Å². The highest BCUT2D eigenvalue weighted by Gasteiger charge is 2.08. The summed E-state index contributed by atoms with van der Waals surface area (Å²) in [5, 5.41) is 0. The van der Waals surface area contributed by atoms with E-state index in [4.69, 9.17) is 10.5 Å². The Kier molecular flexibility index (Phi) is 3.90. The van der Waals surface area contributed by atoms with Crippen molar-refractivity contribution in [1.82, 2.24) is 0 Å². The first kappa shape index (κ1) is 13.2. The maximum atomic E-state index is 13.8. The van der Waals surface area contributed by atoms with E-state index in [1.807, 2.05) is 49.2 Å². The molecule has 0 bridgehead atoms. The summed E-state index contributed by atoms with van der Waals surface area (Å²) in [5.74, 6) is -0.0846. The first-order chi connectivity index (χ1) is 9.11. The lowest BCUT2D eigenvalue weighted by molar-refractivity contribution is 0.321. The van der Waals surface area contributed by atoms with Crippen molar-refractivity contribution in [2.24, 2.45) is 0 Å². The van der Waals surface area contributed by atoms with Crippen LogP contribution >= 0.6 is 0 Å². The lowest BCUT2D eigenvalue weighted by Gasteiger charge is -2.20. The van der Waals surface area contributed by atoms with E-state index in [0.29, 0.717) is 12.3 Å². The molecule has 2 rings (SSSR count). The molecule has 2 N–H and O–H groups in total. The Morgan fingerprint density at radius 2 is 1.74 bits per heavy atom. The van der Waals surface area contributed by atoms with E-state index in [9.17, 15) is 4.39 Å². The minimum atomic E-state index is -0.360. The highest BCUT2D eigenvalue weighted by molar-refractivity contribution is 5.64. The SMILES string of the molecule is CCOc1ccc(N(C)c2ccc(N)cc2)cc1F. The van der Waals surface area contributed by atoms with E-state index in [0.717, 1.165) is 11.4 Å². The largest absolute Gasteiger partial charge is 0.491 e. The maximum Gasteiger partial charge on any atom is 0.167 e. The lowest BCUT2D eigenvalue weighted by Crippen LogP contribution is -2.10. The van der Waals surface area contributed by atoms with Crippen LogP contribution in [0.5, 0.6) is 5.75 Å². The first-order valence-electron chi connectivity index (χ1n) is 6.13. The third-order valence-electron chi connectivity index (χ3n) is 2.88. The number of nitrogens with two attached hydrogens (primary N) is 1. The summed E-state index contributed by atoms with van der Waals surface area (Å²) in [6, 6.07) is 12.3. The molecule has 0 radical (unpaired) electrons.